The van der Waals surface area contributed by atoms with Crippen LogP contribution in [0.4, 0.5) is 5.69 Å². The van der Waals surface area contributed by atoms with Crippen LogP contribution in [0.25, 0.3) is 0 Å². The van der Waals surface area contributed by atoms with Gasteiger partial charge in [-0.2, -0.15) is 0 Å². The number of hydrogen-bond donors (Lipinski definition) is 2. The summed E-state index contributed by atoms with van der Waals surface area (Å²) >= 11 is 0. The number of aliphatic hydroxyl groups is 1. The van der Waals surface area contributed by atoms with Gasteiger partial charge in [-0.3, -0.25) is 4.79 Å². The summed E-state index contributed by atoms with van der Waals surface area (Å²) in [7, 11) is 0. The van der Waals surface area contributed by atoms with Crippen molar-refractivity contribution in [2.24, 2.45) is 0 Å². The fourth-order valence-corrected chi connectivity index (χ4v) is 2.70. The van der Waals surface area contributed by atoms with E-state index < -0.39 is 6.10 Å². The fourth-order valence-electron chi connectivity index (χ4n) is 2.70. The van der Waals surface area contributed by atoms with Crippen molar-refractivity contribution in [3.8, 4) is 5.75 Å². The standard InChI is InChI=1S/C17H20N2O4/c20-15-3-1-2-4-16(15)23-14-7-5-12(6-8-14)18-17(21)11-13-9-10-22-19-13/h5-10,15-16,20H,1-4,11H2,(H,18,21). The summed E-state index contributed by atoms with van der Waals surface area (Å²) in [6.45, 7) is 0. The van der Waals surface area contributed by atoms with E-state index in [-0.39, 0.29) is 18.4 Å². The Morgan fingerprint density at radius 2 is 2.04 bits per heavy atom. The number of hydrogen-bond acceptors (Lipinski definition) is 5. The summed E-state index contributed by atoms with van der Waals surface area (Å²) in [5.74, 6) is 0.542. The van der Waals surface area contributed by atoms with Crippen LogP contribution in [0.15, 0.2) is 41.1 Å². The van der Waals surface area contributed by atoms with Gasteiger partial charge in [0.25, 0.3) is 0 Å². The smallest absolute Gasteiger partial charge is 0.230 e. The number of amides is 1. The number of carbonyl (C=O) groups excluding carboxylic acids is 1. The minimum Gasteiger partial charge on any atom is -0.488 e. The molecule has 3 rings (SSSR count). The predicted octanol–water partition coefficient (Wildman–Crippen LogP) is 2.54. The molecular weight excluding hydrogens is 296 g/mol. The largest absolute Gasteiger partial charge is 0.488 e. The van der Waals surface area contributed by atoms with E-state index in [1.54, 1.807) is 30.3 Å². The lowest BCUT2D eigenvalue weighted by Gasteiger charge is -2.28. The number of ether oxygens (including phenoxy) is 1. The van der Waals surface area contributed by atoms with Crippen LogP contribution in [0.2, 0.25) is 0 Å². The van der Waals surface area contributed by atoms with Gasteiger partial charge in [0.2, 0.25) is 5.91 Å². The van der Waals surface area contributed by atoms with Gasteiger partial charge in [-0.1, -0.05) is 11.6 Å². The highest BCUT2D eigenvalue weighted by atomic mass is 16.5. The molecule has 1 amide bonds. The Hall–Kier alpha value is -2.34. The summed E-state index contributed by atoms with van der Waals surface area (Å²) in [5.41, 5.74) is 1.28. The summed E-state index contributed by atoms with van der Waals surface area (Å²) in [5, 5.41) is 16.4. The molecule has 2 atom stereocenters. The Balaban J connectivity index is 1.53. The van der Waals surface area contributed by atoms with E-state index in [2.05, 4.69) is 10.5 Å². The SMILES string of the molecule is O=C(Cc1ccon1)Nc1ccc(OC2CCCCC2O)cc1. The number of aliphatic hydroxyl groups excluding tert-OH is 1. The van der Waals surface area contributed by atoms with Crippen LogP contribution >= 0.6 is 0 Å². The van der Waals surface area contributed by atoms with Gasteiger partial charge in [-0.25, -0.2) is 0 Å². The van der Waals surface area contributed by atoms with Gasteiger partial charge in [0, 0.05) is 11.8 Å². The minimum absolute atomic E-state index is 0.142. The number of nitrogens with one attached hydrogen (secondary N) is 1. The first-order chi connectivity index (χ1) is 11.2. The number of nitrogens with zero attached hydrogens (tertiary/aromatic N) is 1. The molecule has 1 heterocycles. The predicted molar refractivity (Wildman–Crippen MR) is 84.2 cm³/mol. The summed E-state index contributed by atoms with van der Waals surface area (Å²) in [6.07, 6.45) is 4.87. The van der Waals surface area contributed by atoms with Crippen molar-refractivity contribution in [2.45, 2.75) is 44.3 Å². The Morgan fingerprint density at radius 1 is 1.26 bits per heavy atom. The van der Waals surface area contributed by atoms with E-state index in [9.17, 15) is 9.90 Å². The molecule has 1 aromatic carbocycles. The zero-order valence-electron chi connectivity index (χ0n) is 12.8. The third-order valence-electron chi connectivity index (χ3n) is 3.93. The number of aromatic nitrogens is 1. The van der Waals surface area contributed by atoms with Crippen molar-refractivity contribution in [1.29, 1.82) is 0 Å². The van der Waals surface area contributed by atoms with Crippen molar-refractivity contribution in [3.63, 3.8) is 0 Å². The van der Waals surface area contributed by atoms with Gasteiger partial charge < -0.3 is 19.7 Å². The third kappa shape index (κ3) is 4.32. The van der Waals surface area contributed by atoms with Crippen molar-refractivity contribution in [1.82, 2.24) is 5.16 Å². The molecule has 0 radical (unpaired) electrons. The highest BCUT2D eigenvalue weighted by molar-refractivity contribution is 5.92. The summed E-state index contributed by atoms with van der Waals surface area (Å²) in [4.78, 5) is 11.9. The van der Waals surface area contributed by atoms with E-state index in [1.165, 1.54) is 6.26 Å². The monoisotopic (exact) mass is 316 g/mol. The first kappa shape index (κ1) is 15.6. The molecule has 2 aromatic rings. The molecule has 0 aliphatic heterocycles. The summed E-state index contributed by atoms with van der Waals surface area (Å²) < 4.78 is 10.5. The topological polar surface area (TPSA) is 84.6 Å². The molecule has 6 nitrogen and oxygen atoms in total. The zero-order chi connectivity index (χ0) is 16.1. The average molecular weight is 316 g/mol. The van der Waals surface area contributed by atoms with E-state index in [1.807, 2.05) is 0 Å². The molecule has 2 unspecified atom stereocenters. The highest BCUT2D eigenvalue weighted by Crippen LogP contribution is 2.24. The summed E-state index contributed by atoms with van der Waals surface area (Å²) in [6, 6.07) is 8.82. The number of rotatable bonds is 5. The Morgan fingerprint density at radius 3 is 2.74 bits per heavy atom. The van der Waals surface area contributed by atoms with Crippen LogP contribution < -0.4 is 10.1 Å². The second kappa shape index (κ2) is 7.28. The van der Waals surface area contributed by atoms with Gasteiger partial charge in [0.05, 0.1) is 18.2 Å². The van der Waals surface area contributed by atoms with Crippen LogP contribution in [0.1, 0.15) is 31.4 Å². The molecule has 122 valence electrons. The van der Waals surface area contributed by atoms with Crippen LogP contribution in [0, 0.1) is 0 Å². The van der Waals surface area contributed by atoms with Crippen LogP contribution in [0.3, 0.4) is 0 Å². The molecular formula is C17H20N2O4. The second-order valence-corrected chi connectivity index (χ2v) is 5.75. The lowest BCUT2D eigenvalue weighted by Crippen LogP contribution is -2.34. The van der Waals surface area contributed by atoms with Gasteiger partial charge in [0.15, 0.2) is 0 Å². The number of benzene rings is 1. The van der Waals surface area contributed by atoms with Crippen LogP contribution in [0.5, 0.6) is 5.75 Å². The normalized spacial score (nSPS) is 20.9. The molecule has 1 aliphatic rings. The van der Waals surface area contributed by atoms with E-state index in [0.29, 0.717) is 17.1 Å². The first-order valence-corrected chi connectivity index (χ1v) is 7.84. The molecule has 1 fully saturated rings. The average Bonchev–Trinajstić information content (AvgIpc) is 3.04. The lowest BCUT2D eigenvalue weighted by atomic mass is 9.95. The number of anilines is 1. The molecule has 6 heteroatoms. The van der Waals surface area contributed by atoms with Crippen molar-refractivity contribution in [3.05, 3.63) is 42.3 Å². The molecule has 0 spiro atoms. The maximum absolute atomic E-state index is 11.9. The maximum Gasteiger partial charge on any atom is 0.230 e. The molecule has 2 N–H and O–H groups in total. The minimum atomic E-state index is -0.398. The Bertz CT molecular complexity index is 625. The molecule has 23 heavy (non-hydrogen) atoms. The van der Waals surface area contributed by atoms with Crippen molar-refractivity contribution in [2.75, 3.05) is 5.32 Å². The lowest BCUT2D eigenvalue weighted by molar-refractivity contribution is -0.115. The van der Waals surface area contributed by atoms with Crippen molar-refractivity contribution >= 4 is 11.6 Å². The Labute approximate surface area is 134 Å². The fraction of sp³-hybridized carbons (Fsp3) is 0.412. The Kier molecular flexibility index (Phi) is 4.92. The van der Waals surface area contributed by atoms with Gasteiger partial charge >= 0.3 is 0 Å². The second-order valence-electron chi connectivity index (χ2n) is 5.75. The van der Waals surface area contributed by atoms with Gasteiger partial charge in [-0.15, -0.1) is 0 Å². The van der Waals surface area contributed by atoms with Gasteiger partial charge in [0.1, 0.15) is 18.1 Å². The highest BCUT2D eigenvalue weighted by Gasteiger charge is 2.24. The van der Waals surface area contributed by atoms with E-state index in [4.69, 9.17) is 9.26 Å². The first-order valence-electron chi connectivity index (χ1n) is 7.84. The quantitative estimate of drug-likeness (QED) is 0.885. The molecule has 1 aromatic heterocycles. The van der Waals surface area contributed by atoms with Crippen LogP contribution in [-0.4, -0.2) is 28.4 Å². The maximum atomic E-state index is 11.9. The molecule has 1 saturated carbocycles. The molecule has 1 aliphatic carbocycles. The third-order valence-corrected chi connectivity index (χ3v) is 3.93. The van der Waals surface area contributed by atoms with E-state index >= 15 is 0 Å². The molecule has 0 saturated heterocycles. The van der Waals surface area contributed by atoms with Crippen molar-refractivity contribution < 1.29 is 19.2 Å². The number of carbonyl (C=O) groups is 1. The van der Waals surface area contributed by atoms with E-state index in [0.717, 1.165) is 25.7 Å². The molecule has 0 bridgehead atoms. The van der Waals surface area contributed by atoms with Gasteiger partial charge in [-0.05, 0) is 43.5 Å². The zero-order valence-corrected chi connectivity index (χ0v) is 12.8. The van der Waals surface area contributed by atoms with Crippen LogP contribution in [-0.2, 0) is 11.2 Å².